The number of rotatable bonds is 8. The van der Waals surface area contributed by atoms with E-state index in [1.165, 1.54) is 6.07 Å². The maximum absolute atomic E-state index is 13.6. The van der Waals surface area contributed by atoms with Gasteiger partial charge >= 0.3 is 6.18 Å². The molecule has 6 rings (SSSR count). The second-order valence-electron chi connectivity index (χ2n) is 14.3. The first-order valence-electron chi connectivity index (χ1n) is 16.2. The van der Waals surface area contributed by atoms with E-state index in [2.05, 4.69) is 49.0 Å². The van der Waals surface area contributed by atoms with E-state index in [1.54, 1.807) is 47.0 Å². The number of primary amides is 1. The molecule has 0 spiro atoms. The van der Waals surface area contributed by atoms with Crippen LogP contribution in [0.2, 0.25) is 0 Å². The molecule has 4 aromatic rings. The van der Waals surface area contributed by atoms with Gasteiger partial charge in [0.05, 0.1) is 22.3 Å². The van der Waals surface area contributed by atoms with Crippen LogP contribution in [0.3, 0.4) is 0 Å². The molecule has 3 amide bonds. The van der Waals surface area contributed by atoms with Crippen LogP contribution in [0.15, 0.2) is 60.7 Å². The fourth-order valence-electron chi connectivity index (χ4n) is 7.32. The largest absolute Gasteiger partial charge is 0.416 e. The number of alkyl halides is 3. The van der Waals surface area contributed by atoms with Crippen LogP contribution in [-0.2, 0) is 22.3 Å². The third kappa shape index (κ3) is 7.41. The number of carbonyl (C=O) groups is 3. The van der Waals surface area contributed by atoms with Gasteiger partial charge < -0.3 is 31.6 Å². The molecule has 10 nitrogen and oxygen atoms in total. The van der Waals surface area contributed by atoms with Gasteiger partial charge in [-0.2, -0.15) is 13.2 Å². The molecule has 3 heterocycles. The molecule has 2 aliphatic heterocycles. The highest BCUT2D eigenvalue weighted by Crippen LogP contribution is 2.40. The van der Waals surface area contributed by atoms with E-state index in [1.807, 2.05) is 0 Å². The van der Waals surface area contributed by atoms with Crippen molar-refractivity contribution in [2.24, 2.45) is 5.73 Å². The maximum Gasteiger partial charge on any atom is 0.416 e. The Balaban J connectivity index is 1.35. The zero-order valence-corrected chi connectivity index (χ0v) is 27.8. The van der Waals surface area contributed by atoms with E-state index in [0.29, 0.717) is 44.9 Å². The molecule has 3 aromatic carbocycles. The predicted molar refractivity (Wildman–Crippen MR) is 182 cm³/mol. The van der Waals surface area contributed by atoms with Crippen LogP contribution in [0, 0.1) is 0 Å². The van der Waals surface area contributed by atoms with Gasteiger partial charge in [0.25, 0.3) is 5.91 Å². The molecule has 6 N–H and O–H groups in total. The minimum absolute atomic E-state index is 0.0382. The Morgan fingerprint density at radius 2 is 1.76 bits per heavy atom. The van der Waals surface area contributed by atoms with Gasteiger partial charge in [-0.3, -0.25) is 14.4 Å². The summed E-state index contributed by atoms with van der Waals surface area (Å²) in [5.41, 5.74) is 8.00. The lowest BCUT2D eigenvalue weighted by Crippen LogP contribution is -2.62. The summed E-state index contributed by atoms with van der Waals surface area (Å²) in [6, 6.07) is 14.6. The lowest BCUT2D eigenvalue weighted by Gasteiger charge is -2.46. The van der Waals surface area contributed by atoms with E-state index in [0.717, 1.165) is 25.0 Å². The Morgan fingerprint density at radius 1 is 1.02 bits per heavy atom. The van der Waals surface area contributed by atoms with Gasteiger partial charge in [0.2, 0.25) is 11.8 Å². The number of benzene rings is 3. The number of aromatic nitrogens is 2. The lowest BCUT2D eigenvalue weighted by atomic mass is 9.79. The maximum atomic E-state index is 13.6. The smallest absolute Gasteiger partial charge is 0.381 e. The molecule has 1 fully saturated rings. The Labute approximate surface area is 282 Å². The Bertz CT molecular complexity index is 1930. The molecule has 2 aliphatic rings. The van der Waals surface area contributed by atoms with Crippen molar-refractivity contribution in [1.82, 2.24) is 20.2 Å². The predicted octanol–water partition coefficient (Wildman–Crippen LogP) is 6.13. The highest BCUT2D eigenvalue weighted by molar-refractivity contribution is 6.03. The van der Waals surface area contributed by atoms with Crippen molar-refractivity contribution in [2.75, 3.05) is 10.6 Å². The number of nitrogens with two attached hydrogens (primary N) is 1. The average molecular weight is 676 g/mol. The van der Waals surface area contributed by atoms with E-state index in [4.69, 9.17) is 10.7 Å². The van der Waals surface area contributed by atoms with Gasteiger partial charge in [-0.05, 0) is 101 Å². The highest BCUT2D eigenvalue weighted by atomic mass is 19.4. The molecule has 0 bridgehead atoms. The van der Waals surface area contributed by atoms with Gasteiger partial charge in [0, 0.05) is 46.9 Å². The van der Waals surface area contributed by atoms with Crippen molar-refractivity contribution < 1.29 is 27.6 Å². The first-order chi connectivity index (χ1) is 23.0. The van der Waals surface area contributed by atoms with Crippen LogP contribution >= 0.6 is 0 Å². The van der Waals surface area contributed by atoms with Crippen molar-refractivity contribution in [1.29, 1.82) is 0 Å². The summed E-state index contributed by atoms with van der Waals surface area (Å²) in [5.74, 6) is -0.707. The third-order valence-corrected chi connectivity index (χ3v) is 9.02. The monoisotopic (exact) mass is 675 g/mol. The number of nitrogens with zero attached hydrogens (tertiary/aromatic N) is 2. The SMILES string of the molecule is CC1(C)CC(NC(=O)c2ccc3c(c2)nc2n3[C@@H](CCC(N)=O)C(=O)Nc3ccc(NCc4cccc(C(F)(F)F)c4)cc3-2)CC(C)(C)N1. The van der Waals surface area contributed by atoms with E-state index in [-0.39, 0.29) is 48.3 Å². The van der Waals surface area contributed by atoms with Gasteiger partial charge in [-0.25, -0.2) is 4.98 Å². The minimum atomic E-state index is -4.45. The van der Waals surface area contributed by atoms with Crippen LogP contribution in [-0.4, -0.2) is 44.4 Å². The molecular formula is C36H40F3N7O3. The summed E-state index contributed by atoms with van der Waals surface area (Å²) in [6.07, 6.45) is -2.84. The Kier molecular flexibility index (Phi) is 8.68. The molecule has 1 atom stereocenters. The lowest BCUT2D eigenvalue weighted by molar-refractivity contribution is -0.137. The van der Waals surface area contributed by atoms with Gasteiger partial charge in [0.1, 0.15) is 11.9 Å². The molecular weight excluding hydrogens is 635 g/mol. The summed E-state index contributed by atoms with van der Waals surface area (Å²) in [4.78, 5) is 43.8. The minimum Gasteiger partial charge on any atom is -0.381 e. The molecule has 49 heavy (non-hydrogen) atoms. The van der Waals surface area contributed by atoms with Gasteiger partial charge in [-0.15, -0.1) is 0 Å². The fraction of sp³-hybridized carbons (Fsp3) is 0.389. The van der Waals surface area contributed by atoms with Crippen molar-refractivity contribution in [3.63, 3.8) is 0 Å². The van der Waals surface area contributed by atoms with Crippen molar-refractivity contribution in [2.45, 2.75) is 89.3 Å². The zero-order valence-electron chi connectivity index (χ0n) is 27.8. The number of hydrogen-bond acceptors (Lipinski definition) is 6. The third-order valence-electron chi connectivity index (χ3n) is 9.02. The van der Waals surface area contributed by atoms with E-state index >= 15 is 0 Å². The number of imidazole rings is 1. The van der Waals surface area contributed by atoms with Crippen molar-refractivity contribution >= 4 is 40.1 Å². The number of anilines is 2. The van der Waals surface area contributed by atoms with Crippen molar-refractivity contribution in [3.05, 3.63) is 77.4 Å². The summed E-state index contributed by atoms with van der Waals surface area (Å²) in [6.45, 7) is 8.59. The number of fused-ring (bicyclic) bond motifs is 5. The Hall–Kier alpha value is -4.91. The van der Waals surface area contributed by atoms with Gasteiger partial charge in [-0.1, -0.05) is 12.1 Å². The number of carbonyl (C=O) groups excluding carboxylic acids is 3. The van der Waals surface area contributed by atoms with Crippen LogP contribution in [0.4, 0.5) is 24.5 Å². The molecule has 0 saturated carbocycles. The standard InChI is InChI=1S/C36H40F3N7O3/c1-34(2)17-24(18-35(3,4)45-34)42-32(48)21-8-11-28-27(15-21)43-31-25-16-23(41-19-20-6-5-7-22(14-20)36(37,38)39)9-10-26(25)44-33(49)29(46(28)31)12-13-30(40)47/h5-11,14-16,24,29,41,45H,12-13,17-19H2,1-4H3,(H2,40,47)(H,42,48)(H,44,49)/t29-/m0/s1. The second-order valence-corrected chi connectivity index (χ2v) is 14.3. The zero-order chi connectivity index (χ0) is 35.3. The van der Waals surface area contributed by atoms with Crippen LogP contribution in [0.25, 0.3) is 22.4 Å². The second kappa shape index (κ2) is 12.5. The number of piperidine rings is 1. The normalized spacial score (nSPS) is 18.6. The quantitative estimate of drug-likeness (QED) is 0.152. The average Bonchev–Trinajstić information content (AvgIpc) is 3.32. The number of hydrogen-bond donors (Lipinski definition) is 5. The molecule has 1 saturated heterocycles. The molecule has 0 aliphatic carbocycles. The fourth-order valence-corrected chi connectivity index (χ4v) is 7.32. The first-order valence-corrected chi connectivity index (χ1v) is 16.2. The molecule has 13 heteroatoms. The number of nitrogens with one attached hydrogen (secondary N) is 4. The van der Waals surface area contributed by atoms with Crippen LogP contribution in [0.1, 0.15) is 80.9 Å². The Morgan fingerprint density at radius 3 is 2.45 bits per heavy atom. The van der Waals surface area contributed by atoms with Gasteiger partial charge in [0.15, 0.2) is 0 Å². The summed E-state index contributed by atoms with van der Waals surface area (Å²) in [7, 11) is 0. The topological polar surface area (TPSA) is 143 Å². The van der Waals surface area contributed by atoms with Crippen molar-refractivity contribution in [3.8, 4) is 11.4 Å². The van der Waals surface area contributed by atoms with E-state index < -0.39 is 23.7 Å². The van der Waals surface area contributed by atoms with Crippen LogP contribution < -0.4 is 27.0 Å². The summed E-state index contributed by atoms with van der Waals surface area (Å²) in [5, 5.41) is 12.9. The first kappa shape index (κ1) is 34.0. The van der Waals surface area contributed by atoms with E-state index in [9.17, 15) is 27.6 Å². The molecule has 1 aromatic heterocycles. The molecule has 0 unspecified atom stereocenters. The summed E-state index contributed by atoms with van der Waals surface area (Å²) >= 11 is 0. The van der Waals surface area contributed by atoms with Crippen LogP contribution in [0.5, 0.6) is 0 Å². The molecule has 258 valence electrons. The summed E-state index contributed by atoms with van der Waals surface area (Å²) < 4.78 is 41.6. The number of amides is 3. The number of halogens is 3. The molecule has 0 radical (unpaired) electrons. The highest BCUT2D eigenvalue weighted by Gasteiger charge is 2.38.